The summed E-state index contributed by atoms with van der Waals surface area (Å²) in [6, 6.07) is 12.2. The van der Waals surface area contributed by atoms with Gasteiger partial charge in [0.25, 0.3) is 0 Å². The van der Waals surface area contributed by atoms with Gasteiger partial charge in [-0.25, -0.2) is 0 Å². The molecule has 1 unspecified atom stereocenters. The number of amides is 1. The number of aromatic hydroxyl groups is 1. The van der Waals surface area contributed by atoms with Gasteiger partial charge >= 0.3 is 6.18 Å². The van der Waals surface area contributed by atoms with Gasteiger partial charge in [0.15, 0.2) is 0 Å². The van der Waals surface area contributed by atoms with Gasteiger partial charge in [-0.1, -0.05) is 12.1 Å². The topological polar surface area (TPSA) is 79.6 Å². The molecule has 2 aromatic carbocycles. The van der Waals surface area contributed by atoms with Crippen LogP contribution < -0.4 is 10.2 Å². The Hall–Kier alpha value is -3.25. The number of nitrogens with zero attached hydrogens (tertiary/aromatic N) is 3. The summed E-state index contributed by atoms with van der Waals surface area (Å²) in [5.41, 5.74) is -0.202. The Balaban J connectivity index is 1.36. The largest absolute Gasteiger partial charge is 0.508 e. The number of halogens is 3. The molecule has 1 atom stereocenters. The van der Waals surface area contributed by atoms with E-state index < -0.39 is 23.3 Å². The van der Waals surface area contributed by atoms with E-state index in [4.69, 9.17) is 0 Å². The van der Waals surface area contributed by atoms with Crippen LogP contribution in [0.2, 0.25) is 0 Å². The SMILES string of the molecule is N#Cc1ccc(N2CC3(CCN(Cc4cccc(O)c4)CC3)CC2C(=O)NC2CC2)cc1C(F)(F)F. The number of alkyl halides is 3. The van der Waals surface area contributed by atoms with Crippen molar-refractivity contribution in [2.24, 2.45) is 5.41 Å². The van der Waals surface area contributed by atoms with Crippen LogP contribution in [-0.2, 0) is 17.5 Å². The second-order valence-corrected chi connectivity index (χ2v) is 10.4. The van der Waals surface area contributed by atoms with Crippen LogP contribution in [0.5, 0.6) is 5.75 Å². The number of hydrogen-bond donors (Lipinski definition) is 2. The number of anilines is 1. The standard InChI is InChI=1S/C27H29F3N4O2/c28-27(29,30)23-13-21(7-4-19(23)15-31)34-17-26(14-24(34)25(36)32-20-5-6-20)8-10-33(11-9-26)16-18-2-1-3-22(35)12-18/h1-4,7,12-13,20,24,35H,5-6,8-11,14,16-17H2,(H,32,36). The van der Waals surface area contributed by atoms with Crippen LogP contribution in [0.15, 0.2) is 42.5 Å². The summed E-state index contributed by atoms with van der Waals surface area (Å²) in [5.74, 6) is 0.104. The van der Waals surface area contributed by atoms with Crippen molar-refractivity contribution in [3.63, 3.8) is 0 Å². The third-order valence-corrected chi connectivity index (χ3v) is 7.73. The minimum absolute atomic E-state index is 0.130. The molecule has 5 rings (SSSR count). The number of phenolic OH excluding ortho intramolecular Hbond substituents is 1. The van der Waals surface area contributed by atoms with E-state index in [1.807, 2.05) is 17.0 Å². The normalized spacial score (nSPS) is 21.9. The minimum Gasteiger partial charge on any atom is -0.508 e. The zero-order valence-electron chi connectivity index (χ0n) is 19.9. The van der Waals surface area contributed by atoms with E-state index in [1.54, 1.807) is 18.2 Å². The van der Waals surface area contributed by atoms with Crippen molar-refractivity contribution >= 4 is 11.6 Å². The second-order valence-electron chi connectivity index (χ2n) is 10.4. The molecule has 1 amide bonds. The average molecular weight is 499 g/mol. The summed E-state index contributed by atoms with van der Waals surface area (Å²) in [4.78, 5) is 17.3. The Kier molecular flexibility index (Phi) is 6.33. The van der Waals surface area contributed by atoms with Gasteiger partial charge < -0.3 is 15.3 Å². The molecule has 2 aromatic rings. The van der Waals surface area contributed by atoms with E-state index in [1.165, 1.54) is 12.1 Å². The first-order valence-corrected chi connectivity index (χ1v) is 12.3. The fourth-order valence-electron chi connectivity index (χ4n) is 5.59. The summed E-state index contributed by atoms with van der Waals surface area (Å²) in [6.45, 7) is 2.83. The number of nitrogens with one attached hydrogen (secondary N) is 1. The molecule has 3 aliphatic rings. The second kappa shape index (κ2) is 9.32. The lowest BCUT2D eigenvalue weighted by molar-refractivity contribution is -0.137. The Morgan fingerprint density at radius 1 is 1.17 bits per heavy atom. The molecule has 1 saturated carbocycles. The maximum atomic E-state index is 13.7. The molecule has 2 saturated heterocycles. The van der Waals surface area contributed by atoms with Crippen molar-refractivity contribution < 1.29 is 23.1 Å². The molecule has 2 aliphatic heterocycles. The Bertz CT molecular complexity index is 1180. The first-order chi connectivity index (χ1) is 17.2. The van der Waals surface area contributed by atoms with E-state index in [-0.39, 0.29) is 23.1 Å². The quantitative estimate of drug-likeness (QED) is 0.638. The Labute approximate surface area is 208 Å². The van der Waals surface area contributed by atoms with Gasteiger partial charge in [0, 0.05) is 24.8 Å². The van der Waals surface area contributed by atoms with Crippen LogP contribution in [0, 0.1) is 16.7 Å². The maximum Gasteiger partial charge on any atom is 0.417 e. The molecule has 190 valence electrons. The Morgan fingerprint density at radius 2 is 1.92 bits per heavy atom. The van der Waals surface area contributed by atoms with Crippen molar-refractivity contribution in [3.8, 4) is 11.8 Å². The number of likely N-dealkylation sites (tertiary alicyclic amines) is 1. The summed E-state index contributed by atoms with van der Waals surface area (Å²) >= 11 is 0. The Morgan fingerprint density at radius 3 is 2.56 bits per heavy atom. The van der Waals surface area contributed by atoms with Crippen LogP contribution in [0.4, 0.5) is 18.9 Å². The van der Waals surface area contributed by atoms with Crippen LogP contribution in [0.3, 0.4) is 0 Å². The van der Waals surface area contributed by atoms with E-state index in [9.17, 15) is 28.3 Å². The van der Waals surface area contributed by atoms with Crippen molar-refractivity contribution in [3.05, 3.63) is 59.2 Å². The monoisotopic (exact) mass is 498 g/mol. The molecular formula is C27H29F3N4O2. The average Bonchev–Trinajstić information content (AvgIpc) is 3.58. The predicted octanol–water partition coefficient (Wildman–Crippen LogP) is 4.42. The lowest BCUT2D eigenvalue weighted by Crippen LogP contribution is -2.44. The number of carbonyl (C=O) groups is 1. The molecule has 0 aromatic heterocycles. The lowest BCUT2D eigenvalue weighted by atomic mass is 9.76. The molecular weight excluding hydrogens is 469 g/mol. The van der Waals surface area contributed by atoms with Gasteiger partial charge in [-0.15, -0.1) is 0 Å². The number of benzene rings is 2. The fraction of sp³-hybridized carbons (Fsp3) is 0.481. The number of hydrogen-bond acceptors (Lipinski definition) is 5. The summed E-state index contributed by atoms with van der Waals surface area (Å²) in [6.07, 6.45) is -0.532. The summed E-state index contributed by atoms with van der Waals surface area (Å²) < 4.78 is 41.0. The number of nitriles is 1. The van der Waals surface area contributed by atoms with Gasteiger partial charge in [-0.05, 0) is 86.5 Å². The first-order valence-electron chi connectivity index (χ1n) is 12.3. The zero-order valence-corrected chi connectivity index (χ0v) is 19.9. The fourth-order valence-corrected chi connectivity index (χ4v) is 5.59. The van der Waals surface area contributed by atoms with Gasteiger partial charge in [0.05, 0.1) is 17.2 Å². The van der Waals surface area contributed by atoms with E-state index >= 15 is 0 Å². The third kappa shape index (κ3) is 5.14. The smallest absolute Gasteiger partial charge is 0.417 e. The molecule has 0 bridgehead atoms. The highest BCUT2D eigenvalue weighted by molar-refractivity contribution is 5.86. The zero-order chi connectivity index (χ0) is 25.5. The van der Waals surface area contributed by atoms with Gasteiger partial charge in [-0.2, -0.15) is 18.4 Å². The summed E-state index contributed by atoms with van der Waals surface area (Å²) in [7, 11) is 0. The molecule has 9 heteroatoms. The first kappa shape index (κ1) is 24.4. The minimum atomic E-state index is -4.65. The van der Waals surface area contributed by atoms with Crippen molar-refractivity contribution in [2.75, 3.05) is 24.5 Å². The van der Waals surface area contributed by atoms with E-state index in [0.29, 0.717) is 25.2 Å². The van der Waals surface area contributed by atoms with Crippen LogP contribution >= 0.6 is 0 Å². The van der Waals surface area contributed by atoms with Gasteiger partial charge in [-0.3, -0.25) is 9.69 Å². The molecule has 36 heavy (non-hydrogen) atoms. The van der Waals surface area contributed by atoms with Crippen LogP contribution in [0.25, 0.3) is 0 Å². The third-order valence-electron chi connectivity index (χ3n) is 7.73. The highest BCUT2D eigenvalue weighted by Crippen LogP contribution is 2.46. The molecule has 1 aliphatic carbocycles. The molecule has 2 N–H and O–H groups in total. The molecule has 0 radical (unpaired) electrons. The highest BCUT2D eigenvalue weighted by Gasteiger charge is 2.49. The van der Waals surface area contributed by atoms with Gasteiger partial charge in [0.2, 0.25) is 5.91 Å². The van der Waals surface area contributed by atoms with Crippen LogP contribution in [0.1, 0.15) is 48.8 Å². The van der Waals surface area contributed by atoms with Crippen molar-refractivity contribution in [1.29, 1.82) is 5.26 Å². The summed E-state index contributed by atoms with van der Waals surface area (Å²) in [5, 5.41) is 22.0. The van der Waals surface area contributed by atoms with Gasteiger partial charge in [0.1, 0.15) is 11.8 Å². The lowest BCUT2D eigenvalue weighted by Gasteiger charge is -2.39. The number of carbonyl (C=O) groups excluding carboxylic acids is 1. The maximum absolute atomic E-state index is 13.7. The highest BCUT2D eigenvalue weighted by atomic mass is 19.4. The molecule has 1 spiro atoms. The molecule has 3 fully saturated rings. The van der Waals surface area contributed by atoms with Crippen molar-refractivity contribution in [1.82, 2.24) is 10.2 Å². The molecule has 6 nitrogen and oxygen atoms in total. The van der Waals surface area contributed by atoms with Crippen LogP contribution in [-0.4, -0.2) is 47.6 Å². The van der Waals surface area contributed by atoms with E-state index in [2.05, 4.69) is 10.2 Å². The number of piperidine rings is 1. The number of phenols is 1. The number of rotatable bonds is 5. The molecule has 2 heterocycles. The van der Waals surface area contributed by atoms with E-state index in [0.717, 1.165) is 50.4 Å². The predicted molar refractivity (Wildman–Crippen MR) is 128 cm³/mol. The van der Waals surface area contributed by atoms with Crippen molar-refractivity contribution in [2.45, 2.75) is 56.9 Å².